The predicted octanol–water partition coefficient (Wildman–Crippen LogP) is 2.83. The number of hydrogen-bond acceptors (Lipinski definition) is 2. The standard InChI is InChI=1S/C12H27NO/c1-8-13-10(11(3,4)5)12(6,7)14-9-2/h10,13H,8-9H2,1-7H3. The summed E-state index contributed by atoms with van der Waals surface area (Å²) in [5.41, 5.74) is 0.109. The molecule has 1 atom stereocenters. The van der Waals surface area contributed by atoms with Crippen LogP contribution in [0, 0.1) is 5.41 Å². The van der Waals surface area contributed by atoms with Gasteiger partial charge in [0.05, 0.1) is 5.60 Å². The molecule has 0 radical (unpaired) electrons. The fraction of sp³-hybridized carbons (Fsp3) is 1.00. The molecule has 1 N–H and O–H groups in total. The van der Waals surface area contributed by atoms with Gasteiger partial charge in [0.1, 0.15) is 0 Å². The molecule has 2 heteroatoms. The van der Waals surface area contributed by atoms with Gasteiger partial charge in [-0.25, -0.2) is 0 Å². The highest BCUT2D eigenvalue weighted by Gasteiger charge is 2.37. The molecule has 1 unspecified atom stereocenters. The zero-order chi connectivity index (χ0) is 11.4. The van der Waals surface area contributed by atoms with Crippen LogP contribution in [0.15, 0.2) is 0 Å². The lowest BCUT2D eigenvalue weighted by atomic mass is 9.77. The normalized spacial score (nSPS) is 15.6. The third kappa shape index (κ3) is 3.97. The minimum absolute atomic E-state index is 0.108. The molecule has 0 aromatic rings. The quantitative estimate of drug-likeness (QED) is 0.738. The van der Waals surface area contributed by atoms with Crippen LogP contribution in [-0.4, -0.2) is 24.8 Å². The van der Waals surface area contributed by atoms with Gasteiger partial charge in [-0.3, -0.25) is 0 Å². The molecule has 2 nitrogen and oxygen atoms in total. The molecular weight excluding hydrogens is 174 g/mol. The summed E-state index contributed by atoms with van der Waals surface area (Å²) in [6, 6.07) is 0.375. The molecule has 14 heavy (non-hydrogen) atoms. The average molecular weight is 201 g/mol. The summed E-state index contributed by atoms with van der Waals surface area (Å²) >= 11 is 0. The summed E-state index contributed by atoms with van der Waals surface area (Å²) in [7, 11) is 0. The summed E-state index contributed by atoms with van der Waals surface area (Å²) in [5.74, 6) is 0. The third-order valence-electron chi connectivity index (χ3n) is 2.49. The van der Waals surface area contributed by atoms with Crippen molar-refractivity contribution in [2.75, 3.05) is 13.2 Å². The Morgan fingerprint density at radius 2 is 1.57 bits per heavy atom. The molecule has 0 bridgehead atoms. The maximum absolute atomic E-state index is 5.81. The zero-order valence-electron chi connectivity index (χ0n) is 10.9. The van der Waals surface area contributed by atoms with Crippen LogP contribution in [0.2, 0.25) is 0 Å². The Morgan fingerprint density at radius 1 is 1.07 bits per heavy atom. The second-order valence-corrected chi connectivity index (χ2v) is 5.39. The number of likely N-dealkylation sites (N-methyl/N-ethyl adjacent to an activating group) is 1. The van der Waals surface area contributed by atoms with E-state index in [-0.39, 0.29) is 11.0 Å². The Balaban J connectivity index is 4.63. The summed E-state index contributed by atoms with van der Waals surface area (Å²) in [4.78, 5) is 0. The van der Waals surface area contributed by atoms with Crippen molar-refractivity contribution in [2.24, 2.45) is 5.41 Å². The molecule has 86 valence electrons. The SMILES string of the molecule is CCNC(C(C)(C)C)C(C)(C)OCC. The molecule has 0 amide bonds. The topological polar surface area (TPSA) is 21.3 Å². The van der Waals surface area contributed by atoms with Crippen molar-refractivity contribution in [1.29, 1.82) is 0 Å². The van der Waals surface area contributed by atoms with Crippen LogP contribution in [0.5, 0.6) is 0 Å². The van der Waals surface area contributed by atoms with E-state index in [0.717, 1.165) is 13.2 Å². The summed E-state index contributed by atoms with van der Waals surface area (Å²) in [6.07, 6.45) is 0. The van der Waals surface area contributed by atoms with Crippen LogP contribution in [0.4, 0.5) is 0 Å². The maximum atomic E-state index is 5.81. The Hall–Kier alpha value is -0.0800. The Morgan fingerprint density at radius 3 is 1.86 bits per heavy atom. The zero-order valence-corrected chi connectivity index (χ0v) is 10.9. The van der Waals surface area contributed by atoms with Crippen LogP contribution in [0.1, 0.15) is 48.5 Å². The van der Waals surface area contributed by atoms with Crippen molar-refractivity contribution in [3.63, 3.8) is 0 Å². The summed E-state index contributed by atoms with van der Waals surface area (Å²) < 4.78 is 5.81. The van der Waals surface area contributed by atoms with Gasteiger partial charge >= 0.3 is 0 Å². The van der Waals surface area contributed by atoms with E-state index in [1.807, 2.05) is 6.92 Å². The smallest absolute Gasteiger partial charge is 0.0783 e. The number of ether oxygens (including phenoxy) is 1. The number of rotatable bonds is 5. The molecule has 0 aromatic carbocycles. The summed E-state index contributed by atoms with van der Waals surface area (Å²) in [6.45, 7) is 17.0. The van der Waals surface area contributed by atoms with Crippen LogP contribution >= 0.6 is 0 Å². The monoisotopic (exact) mass is 201 g/mol. The lowest BCUT2D eigenvalue weighted by Gasteiger charge is -2.43. The van der Waals surface area contributed by atoms with Gasteiger partial charge < -0.3 is 10.1 Å². The molecule has 0 fully saturated rings. The second kappa shape index (κ2) is 5.13. The fourth-order valence-electron chi connectivity index (χ4n) is 2.25. The highest BCUT2D eigenvalue weighted by atomic mass is 16.5. The molecule has 0 saturated heterocycles. The van der Waals surface area contributed by atoms with Gasteiger partial charge in [0.25, 0.3) is 0 Å². The van der Waals surface area contributed by atoms with E-state index >= 15 is 0 Å². The van der Waals surface area contributed by atoms with Gasteiger partial charge in [0.2, 0.25) is 0 Å². The molecule has 0 spiro atoms. The Bertz CT molecular complexity index is 158. The fourth-order valence-corrected chi connectivity index (χ4v) is 2.25. The first-order chi connectivity index (χ1) is 6.25. The van der Waals surface area contributed by atoms with Gasteiger partial charge in [-0.05, 0) is 32.7 Å². The third-order valence-corrected chi connectivity index (χ3v) is 2.49. The molecule has 0 aliphatic heterocycles. The second-order valence-electron chi connectivity index (χ2n) is 5.39. The molecule has 0 rings (SSSR count). The molecule has 0 saturated carbocycles. The van der Waals surface area contributed by atoms with E-state index in [4.69, 9.17) is 4.74 Å². The largest absolute Gasteiger partial charge is 0.374 e. The van der Waals surface area contributed by atoms with Crippen molar-refractivity contribution in [2.45, 2.75) is 60.1 Å². The van der Waals surface area contributed by atoms with E-state index in [2.05, 4.69) is 46.9 Å². The van der Waals surface area contributed by atoms with E-state index in [0.29, 0.717) is 6.04 Å². The van der Waals surface area contributed by atoms with Crippen molar-refractivity contribution in [1.82, 2.24) is 5.32 Å². The molecular formula is C12H27NO. The van der Waals surface area contributed by atoms with Gasteiger partial charge in [-0.1, -0.05) is 27.7 Å². The Kier molecular flexibility index (Phi) is 5.10. The van der Waals surface area contributed by atoms with Crippen LogP contribution in [-0.2, 0) is 4.74 Å². The predicted molar refractivity (Wildman–Crippen MR) is 62.6 cm³/mol. The highest BCUT2D eigenvalue weighted by Crippen LogP contribution is 2.30. The Labute approximate surface area is 89.4 Å². The lowest BCUT2D eigenvalue weighted by molar-refractivity contribution is -0.0648. The van der Waals surface area contributed by atoms with Gasteiger partial charge in [-0.2, -0.15) is 0 Å². The molecule has 0 aliphatic carbocycles. The van der Waals surface area contributed by atoms with Crippen LogP contribution in [0.25, 0.3) is 0 Å². The number of nitrogens with one attached hydrogen (secondary N) is 1. The van der Waals surface area contributed by atoms with Crippen molar-refractivity contribution in [3.8, 4) is 0 Å². The molecule has 0 aliphatic rings. The first kappa shape index (κ1) is 13.9. The van der Waals surface area contributed by atoms with Crippen molar-refractivity contribution < 1.29 is 4.74 Å². The lowest BCUT2D eigenvalue weighted by Crippen LogP contribution is -2.55. The van der Waals surface area contributed by atoms with Gasteiger partial charge in [0.15, 0.2) is 0 Å². The summed E-state index contributed by atoms with van der Waals surface area (Å²) in [5, 5.41) is 3.52. The molecule has 0 aromatic heterocycles. The van der Waals surface area contributed by atoms with Crippen molar-refractivity contribution >= 4 is 0 Å². The van der Waals surface area contributed by atoms with Gasteiger partial charge in [0, 0.05) is 12.6 Å². The first-order valence-electron chi connectivity index (χ1n) is 5.63. The van der Waals surface area contributed by atoms with E-state index < -0.39 is 0 Å². The van der Waals surface area contributed by atoms with Crippen molar-refractivity contribution in [3.05, 3.63) is 0 Å². The van der Waals surface area contributed by atoms with E-state index in [1.54, 1.807) is 0 Å². The minimum atomic E-state index is -0.108. The molecule has 0 heterocycles. The van der Waals surface area contributed by atoms with Gasteiger partial charge in [-0.15, -0.1) is 0 Å². The average Bonchev–Trinajstić information content (AvgIpc) is 1.97. The highest BCUT2D eigenvalue weighted by molar-refractivity contribution is 4.93. The maximum Gasteiger partial charge on any atom is 0.0783 e. The first-order valence-corrected chi connectivity index (χ1v) is 5.63. The minimum Gasteiger partial charge on any atom is -0.374 e. The van der Waals surface area contributed by atoms with E-state index in [9.17, 15) is 0 Å². The van der Waals surface area contributed by atoms with E-state index in [1.165, 1.54) is 0 Å². The van der Waals surface area contributed by atoms with Crippen LogP contribution < -0.4 is 5.32 Å². The van der Waals surface area contributed by atoms with Crippen LogP contribution in [0.3, 0.4) is 0 Å². The number of hydrogen-bond donors (Lipinski definition) is 1.